The van der Waals surface area contributed by atoms with Crippen LogP contribution in [0.4, 0.5) is 0 Å². The summed E-state index contributed by atoms with van der Waals surface area (Å²) < 4.78 is 5.76. The van der Waals surface area contributed by atoms with Gasteiger partial charge in [-0.05, 0) is 35.7 Å². The highest BCUT2D eigenvalue weighted by Crippen LogP contribution is 2.28. The van der Waals surface area contributed by atoms with Gasteiger partial charge in [0.05, 0.1) is 6.61 Å². The molecule has 0 spiro atoms. The number of aromatic nitrogens is 1. The van der Waals surface area contributed by atoms with E-state index in [4.69, 9.17) is 9.69 Å². The maximum Gasteiger partial charge on any atom is 0.171 e. The van der Waals surface area contributed by atoms with E-state index in [9.17, 15) is 0 Å². The summed E-state index contributed by atoms with van der Waals surface area (Å²) in [6, 6.07) is 4.13. The van der Waals surface area contributed by atoms with E-state index < -0.39 is 9.04 Å². The van der Waals surface area contributed by atoms with Crippen LogP contribution in [0.5, 0.6) is 0 Å². The maximum absolute atomic E-state index is 9.14. The van der Waals surface area contributed by atoms with E-state index in [0.717, 1.165) is 11.1 Å². The molecule has 0 radical (unpaired) electrons. The van der Waals surface area contributed by atoms with Crippen LogP contribution in [0, 0.1) is 11.3 Å². The van der Waals surface area contributed by atoms with Gasteiger partial charge in [0, 0.05) is 6.20 Å². The van der Waals surface area contributed by atoms with Crippen molar-refractivity contribution in [1.82, 2.24) is 4.98 Å². The van der Waals surface area contributed by atoms with Crippen LogP contribution in [0.15, 0.2) is 12.3 Å². The molecule has 1 rings (SSSR count). The molecule has 1 heterocycles. The summed E-state index contributed by atoms with van der Waals surface area (Å²) >= 11 is 0. The number of pyridine rings is 1. The Morgan fingerprint density at radius 3 is 2.53 bits per heavy atom. The molecule has 1 aromatic rings. The van der Waals surface area contributed by atoms with Crippen molar-refractivity contribution in [2.24, 2.45) is 0 Å². The molecule has 3 nitrogen and oxygen atoms in total. The molecule has 0 saturated heterocycles. The topological polar surface area (TPSA) is 45.9 Å². The summed E-state index contributed by atoms with van der Waals surface area (Å²) in [6.45, 7) is 11.2. The average Bonchev–Trinajstić information content (AvgIpc) is 2.24. The summed E-state index contributed by atoms with van der Waals surface area (Å²) in [4.78, 5) is 4.15. The van der Waals surface area contributed by atoms with Crippen LogP contribution in [0.25, 0.3) is 0 Å². The normalized spacial score (nSPS) is 11.6. The quantitative estimate of drug-likeness (QED) is 0.773. The number of rotatable bonds is 3. The Kier molecular flexibility index (Phi) is 4.44. The van der Waals surface area contributed by atoms with Gasteiger partial charge in [0.2, 0.25) is 0 Å². The minimum absolute atomic E-state index is 0.0868. The molecule has 0 aliphatic heterocycles. The smallest absolute Gasteiger partial charge is 0.171 e. The van der Waals surface area contributed by atoms with Crippen molar-refractivity contribution in [1.29, 1.82) is 5.26 Å². The third-order valence-electron chi connectivity index (χ3n) is 2.47. The van der Waals surface area contributed by atoms with Gasteiger partial charge in [-0.2, -0.15) is 5.26 Å². The molecule has 0 aliphatic rings. The lowest BCUT2D eigenvalue weighted by Gasteiger charge is -2.24. The fourth-order valence-corrected chi connectivity index (χ4v) is 2.31. The first-order chi connectivity index (χ1) is 7.86. The monoisotopic (exact) mass is 248 g/mol. The Balaban J connectivity index is 3.17. The Morgan fingerprint density at radius 1 is 1.41 bits per heavy atom. The average molecular weight is 248 g/mol. The lowest BCUT2D eigenvalue weighted by atomic mass is 9.83. The van der Waals surface area contributed by atoms with Gasteiger partial charge >= 0.3 is 0 Å². The van der Waals surface area contributed by atoms with E-state index >= 15 is 0 Å². The molecular weight excluding hydrogens is 228 g/mol. The fourth-order valence-electron chi connectivity index (χ4n) is 1.80. The van der Waals surface area contributed by atoms with Crippen molar-refractivity contribution in [3.05, 3.63) is 29.1 Å². The molecule has 0 bridgehead atoms. The highest BCUT2D eigenvalue weighted by molar-refractivity contribution is 6.48. The Bertz CT molecular complexity index is 430. The van der Waals surface area contributed by atoms with Gasteiger partial charge in [0.1, 0.15) is 11.8 Å². The van der Waals surface area contributed by atoms with Crippen LogP contribution in [-0.4, -0.2) is 14.0 Å². The van der Waals surface area contributed by atoms with Crippen LogP contribution in [-0.2, 0) is 16.4 Å². The van der Waals surface area contributed by atoms with Gasteiger partial charge < -0.3 is 4.43 Å². The number of hydrogen-bond acceptors (Lipinski definition) is 3. The fraction of sp³-hybridized carbons (Fsp3) is 0.538. The van der Waals surface area contributed by atoms with Crippen molar-refractivity contribution in [2.75, 3.05) is 0 Å². The number of hydrogen-bond donors (Lipinski definition) is 0. The van der Waals surface area contributed by atoms with E-state index in [1.807, 2.05) is 6.07 Å². The first-order valence-corrected chi connectivity index (χ1v) is 8.64. The second kappa shape index (κ2) is 5.43. The van der Waals surface area contributed by atoms with Crippen LogP contribution in [0.3, 0.4) is 0 Å². The van der Waals surface area contributed by atoms with Gasteiger partial charge in [-0.3, -0.25) is 0 Å². The molecule has 0 fully saturated rings. The molecule has 1 aromatic heterocycles. The summed E-state index contributed by atoms with van der Waals surface area (Å²) in [5.41, 5.74) is 2.53. The summed E-state index contributed by atoms with van der Waals surface area (Å²) in [7, 11) is -1.04. The first kappa shape index (κ1) is 13.9. The second-order valence-corrected chi connectivity index (χ2v) is 7.85. The standard InChI is InChI=1S/C13H20N2OSi/c1-13(2,3)12-10(9-16-17(4)5)6-7-15-11(12)8-14/h6-7,17H,9H2,1-5H3. The molecule has 0 atom stereocenters. The SMILES string of the molecule is C[SiH](C)OCc1ccnc(C#N)c1C(C)(C)C. The van der Waals surface area contributed by atoms with Crippen molar-refractivity contribution in [3.8, 4) is 6.07 Å². The minimum Gasteiger partial charge on any atom is -0.416 e. The van der Waals surface area contributed by atoms with Crippen LogP contribution >= 0.6 is 0 Å². The van der Waals surface area contributed by atoms with E-state index in [1.54, 1.807) is 6.20 Å². The predicted molar refractivity (Wildman–Crippen MR) is 71.3 cm³/mol. The second-order valence-electron chi connectivity index (χ2n) is 5.42. The molecule has 4 heteroatoms. The molecule has 0 N–H and O–H groups in total. The van der Waals surface area contributed by atoms with Gasteiger partial charge in [0.15, 0.2) is 9.04 Å². The largest absolute Gasteiger partial charge is 0.416 e. The van der Waals surface area contributed by atoms with E-state index in [0.29, 0.717) is 12.3 Å². The molecule has 0 aromatic carbocycles. The summed E-state index contributed by atoms with van der Waals surface area (Å²) in [6.07, 6.45) is 1.69. The van der Waals surface area contributed by atoms with Crippen LogP contribution < -0.4 is 0 Å². The highest BCUT2D eigenvalue weighted by Gasteiger charge is 2.22. The van der Waals surface area contributed by atoms with Crippen LogP contribution in [0.2, 0.25) is 13.1 Å². The predicted octanol–water partition coefficient (Wildman–Crippen LogP) is 2.75. The zero-order valence-electron chi connectivity index (χ0n) is 11.2. The Morgan fingerprint density at radius 2 is 2.06 bits per heavy atom. The van der Waals surface area contributed by atoms with Crippen molar-refractivity contribution in [2.45, 2.75) is 45.9 Å². The molecule has 0 unspecified atom stereocenters. The van der Waals surface area contributed by atoms with Crippen molar-refractivity contribution < 1.29 is 4.43 Å². The zero-order valence-corrected chi connectivity index (χ0v) is 12.4. The molecule has 0 saturated carbocycles. The van der Waals surface area contributed by atoms with Gasteiger partial charge in [0.25, 0.3) is 0 Å². The van der Waals surface area contributed by atoms with E-state index in [-0.39, 0.29) is 5.41 Å². The molecule has 92 valence electrons. The Labute approximate surface area is 105 Å². The summed E-state index contributed by atoms with van der Waals surface area (Å²) in [5, 5.41) is 9.14. The lowest BCUT2D eigenvalue weighted by molar-refractivity contribution is 0.310. The van der Waals surface area contributed by atoms with Crippen molar-refractivity contribution >= 4 is 9.04 Å². The van der Waals surface area contributed by atoms with Gasteiger partial charge in [-0.25, -0.2) is 4.98 Å². The number of nitriles is 1. The maximum atomic E-state index is 9.14. The molecular formula is C13H20N2OSi. The highest BCUT2D eigenvalue weighted by atomic mass is 28.3. The van der Waals surface area contributed by atoms with E-state index in [1.165, 1.54) is 0 Å². The number of nitrogens with zero attached hydrogens (tertiary/aromatic N) is 2. The molecule has 0 amide bonds. The minimum atomic E-state index is -1.04. The summed E-state index contributed by atoms with van der Waals surface area (Å²) in [5.74, 6) is 0. The molecule has 17 heavy (non-hydrogen) atoms. The third-order valence-corrected chi connectivity index (χ3v) is 3.30. The van der Waals surface area contributed by atoms with Gasteiger partial charge in [-0.15, -0.1) is 0 Å². The van der Waals surface area contributed by atoms with Crippen LogP contribution in [0.1, 0.15) is 37.6 Å². The Hall–Kier alpha value is -1.18. The third kappa shape index (κ3) is 3.65. The first-order valence-electron chi connectivity index (χ1n) is 5.86. The molecule has 0 aliphatic carbocycles. The van der Waals surface area contributed by atoms with Crippen molar-refractivity contribution in [3.63, 3.8) is 0 Å². The lowest BCUT2D eigenvalue weighted by Crippen LogP contribution is -2.19. The van der Waals surface area contributed by atoms with E-state index in [2.05, 4.69) is 44.9 Å². The van der Waals surface area contributed by atoms with Gasteiger partial charge in [-0.1, -0.05) is 20.8 Å². The zero-order chi connectivity index (χ0) is 13.1.